The van der Waals surface area contributed by atoms with E-state index in [9.17, 15) is 29.4 Å². The van der Waals surface area contributed by atoms with Crippen LogP contribution in [0.3, 0.4) is 0 Å². The van der Waals surface area contributed by atoms with Crippen molar-refractivity contribution >= 4 is 35.1 Å². The molecule has 2 aromatic carbocycles. The lowest BCUT2D eigenvalue weighted by Gasteiger charge is -2.09. The van der Waals surface area contributed by atoms with Crippen LogP contribution in [0.4, 0.5) is 11.4 Å². The molecule has 2 rings (SSSR count). The first-order chi connectivity index (χ1) is 12.7. The minimum absolute atomic E-state index is 0.0702. The number of carboxylic acid groups (broad SMARTS) is 2. The summed E-state index contributed by atoms with van der Waals surface area (Å²) in [4.78, 5) is 45.7. The Balaban J connectivity index is 2.01. The van der Waals surface area contributed by atoms with E-state index in [0.29, 0.717) is 0 Å². The quantitative estimate of drug-likeness (QED) is 0.325. The molecule has 0 aromatic heterocycles. The number of anilines is 2. The number of carboxylic acids is 2. The molecule has 27 heavy (non-hydrogen) atoms. The fraction of sp³-hybridized carbons (Fsp3) is 0.0588. The summed E-state index contributed by atoms with van der Waals surface area (Å²) < 4.78 is 0. The van der Waals surface area contributed by atoms with Crippen molar-refractivity contribution in [1.29, 1.82) is 0 Å². The Hall–Kier alpha value is -4.08. The molecule has 10 nitrogen and oxygen atoms in total. The maximum Gasteiger partial charge on any atom is 0.339 e. The van der Waals surface area contributed by atoms with E-state index in [0.717, 1.165) is 24.3 Å². The van der Waals surface area contributed by atoms with Crippen molar-refractivity contribution in [3.8, 4) is 11.5 Å². The van der Waals surface area contributed by atoms with Gasteiger partial charge in [-0.1, -0.05) is 0 Å². The Bertz CT molecular complexity index is 863. The van der Waals surface area contributed by atoms with Gasteiger partial charge in [-0.2, -0.15) is 0 Å². The minimum atomic E-state index is -1.39. The highest BCUT2D eigenvalue weighted by molar-refractivity contribution is 6.08. The van der Waals surface area contributed by atoms with E-state index in [2.05, 4.69) is 10.6 Å². The maximum absolute atomic E-state index is 11.9. The van der Waals surface area contributed by atoms with Gasteiger partial charge in [0, 0.05) is 11.4 Å². The predicted octanol–water partition coefficient (Wildman–Crippen LogP) is 1.46. The molecule has 0 aliphatic carbocycles. The second-order valence-electron chi connectivity index (χ2n) is 5.35. The largest absolute Gasteiger partial charge is 0.507 e. The van der Waals surface area contributed by atoms with Crippen LogP contribution in [-0.4, -0.2) is 44.2 Å². The molecule has 0 aliphatic heterocycles. The summed E-state index contributed by atoms with van der Waals surface area (Å²) in [5.41, 5.74) is -0.688. The summed E-state index contributed by atoms with van der Waals surface area (Å²) in [6, 6.07) is 6.76. The van der Waals surface area contributed by atoms with Gasteiger partial charge in [0.25, 0.3) is 0 Å². The van der Waals surface area contributed by atoms with Crippen LogP contribution >= 0.6 is 0 Å². The second-order valence-corrected chi connectivity index (χ2v) is 5.35. The topological polar surface area (TPSA) is 173 Å². The maximum atomic E-state index is 11.9. The summed E-state index contributed by atoms with van der Waals surface area (Å²) in [5, 5.41) is 41.3. The lowest BCUT2D eigenvalue weighted by molar-refractivity contribution is -0.123. The van der Waals surface area contributed by atoms with Gasteiger partial charge in [-0.3, -0.25) is 9.59 Å². The smallest absolute Gasteiger partial charge is 0.339 e. The minimum Gasteiger partial charge on any atom is -0.507 e. The number of aromatic hydroxyl groups is 2. The molecule has 0 fully saturated rings. The standard InChI is InChI=1S/C17H14N2O8/c20-12-3-1-8(5-10(12)16(24)25)18-14(22)7-15(23)19-9-2-4-13(21)11(6-9)17(26)27/h1-6,20-21H,7H2,(H,18,22)(H,19,23)(H,24,25)(H,26,27). The molecular weight excluding hydrogens is 360 g/mol. The zero-order valence-corrected chi connectivity index (χ0v) is 13.6. The highest BCUT2D eigenvalue weighted by Gasteiger charge is 2.15. The molecule has 140 valence electrons. The number of nitrogens with one attached hydrogen (secondary N) is 2. The fourth-order valence-electron chi connectivity index (χ4n) is 2.13. The Morgan fingerprint density at radius 3 is 1.41 bits per heavy atom. The first-order valence-corrected chi connectivity index (χ1v) is 7.39. The number of benzene rings is 2. The highest BCUT2D eigenvalue weighted by atomic mass is 16.4. The van der Waals surface area contributed by atoms with Crippen molar-refractivity contribution in [2.75, 3.05) is 10.6 Å². The van der Waals surface area contributed by atoms with Gasteiger partial charge in [0.05, 0.1) is 0 Å². The van der Waals surface area contributed by atoms with E-state index in [-0.39, 0.29) is 11.4 Å². The summed E-state index contributed by atoms with van der Waals surface area (Å²) >= 11 is 0. The van der Waals surface area contributed by atoms with E-state index < -0.39 is 52.8 Å². The molecule has 0 saturated carbocycles. The SMILES string of the molecule is O=C(CC(=O)Nc1ccc(O)c(C(=O)O)c1)Nc1ccc(O)c(C(=O)O)c1. The van der Waals surface area contributed by atoms with Crippen molar-refractivity contribution in [3.05, 3.63) is 47.5 Å². The number of carbonyl (C=O) groups excluding carboxylic acids is 2. The lowest BCUT2D eigenvalue weighted by atomic mass is 10.1. The van der Waals surface area contributed by atoms with E-state index in [1.54, 1.807) is 0 Å². The third kappa shape index (κ3) is 4.95. The summed E-state index contributed by atoms with van der Waals surface area (Å²) in [6.07, 6.45) is -0.632. The van der Waals surface area contributed by atoms with E-state index >= 15 is 0 Å². The number of hydrogen-bond donors (Lipinski definition) is 6. The van der Waals surface area contributed by atoms with Crippen LogP contribution in [0.2, 0.25) is 0 Å². The molecule has 0 atom stereocenters. The Kier molecular flexibility index (Phi) is 5.61. The Morgan fingerprint density at radius 1 is 0.704 bits per heavy atom. The molecule has 6 N–H and O–H groups in total. The molecule has 0 heterocycles. The molecule has 0 unspecified atom stereocenters. The highest BCUT2D eigenvalue weighted by Crippen LogP contribution is 2.23. The van der Waals surface area contributed by atoms with Gasteiger partial charge in [0.15, 0.2) is 0 Å². The lowest BCUT2D eigenvalue weighted by Crippen LogP contribution is -2.21. The Labute approximate surface area is 151 Å². The van der Waals surface area contributed by atoms with E-state index in [4.69, 9.17) is 10.2 Å². The van der Waals surface area contributed by atoms with Gasteiger partial charge in [-0.25, -0.2) is 9.59 Å². The van der Waals surface area contributed by atoms with Crippen LogP contribution in [-0.2, 0) is 9.59 Å². The molecule has 0 aliphatic rings. The van der Waals surface area contributed by atoms with Crippen molar-refractivity contribution in [3.63, 3.8) is 0 Å². The molecule has 0 radical (unpaired) electrons. The average molecular weight is 374 g/mol. The first kappa shape index (κ1) is 19.2. The number of hydrogen-bond acceptors (Lipinski definition) is 6. The predicted molar refractivity (Wildman–Crippen MR) is 92.0 cm³/mol. The van der Waals surface area contributed by atoms with Gasteiger partial charge >= 0.3 is 11.9 Å². The number of phenols is 2. The second kappa shape index (κ2) is 7.87. The fourth-order valence-corrected chi connectivity index (χ4v) is 2.13. The van der Waals surface area contributed by atoms with Gasteiger partial charge < -0.3 is 31.1 Å². The van der Waals surface area contributed by atoms with Crippen LogP contribution in [0.25, 0.3) is 0 Å². The summed E-state index contributed by atoms with van der Waals surface area (Å²) in [7, 11) is 0. The zero-order chi connectivity index (χ0) is 20.1. The van der Waals surface area contributed by atoms with Crippen molar-refractivity contribution in [2.24, 2.45) is 0 Å². The van der Waals surface area contributed by atoms with Gasteiger partial charge in [0.2, 0.25) is 11.8 Å². The third-order valence-electron chi connectivity index (χ3n) is 3.34. The molecule has 2 aromatic rings. The molecule has 0 bridgehead atoms. The van der Waals surface area contributed by atoms with Gasteiger partial charge in [-0.15, -0.1) is 0 Å². The molecule has 2 amide bonds. The molecule has 0 spiro atoms. The van der Waals surface area contributed by atoms with Crippen LogP contribution in [0, 0.1) is 0 Å². The van der Waals surface area contributed by atoms with Gasteiger partial charge in [0.1, 0.15) is 29.0 Å². The average Bonchev–Trinajstić information content (AvgIpc) is 2.57. The number of rotatable bonds is 6. The van der Waals surface area contributed by atoms with Crippen LogP contribution in [0.15, 0.2) is 36.4 Å². The Morgan fingerprint density at radius 2 is 1.07 bits per heavy atom. The van der Waals surface area contributed by atoms with Crippen molar-refractivity contribution in [2.45, 2.75) is 6.42 Å². The van der Waals surface area contributed by atoms with Crippen LogP contribution in [0.1, 0.15) is 27.1 Å². The normalized spacial score (nSPS) is 10.1. The van der Waals surface area contributed by atoms with E-state index in [1.165, 1.54) is 12.1 Å². The van der Waals surface area contributed by atoms with Crippen LogP contribution in [0.5, 0.6) is 11.5 Å². The van der Waals surface area contributed by atoms with Crippen molar-refractivity contribution in [1.82, 2.24) is 0 Å². The molecule has 10 heteroatoms. The number of aromatic carboxylic acids is 2. The summed E-state index contributed by atoms with van der Waals surface area (Å²) in [5.74, 6) is -5.23. The third-order valence-corrected chi connectivity index (χ3v) is 3.34. The first-order valence-electron chi connectivity index (χ1n) is 7.39. The molecular formula is C17H14N2O8. The summed E-state index contributed by atoms with van der Waals surface area (Å²) in [6.45, 7) is 0. The van der Waals surface area contributed by atoms with E-state index in [1.807, 2.05) is 0 Å². The zero-order valence-electron chi connectivity index (χ0n) is 13.6. The van der Waals surface area contributed by atoms with Crippen molar-refractivity contribution < 1.29 is 39.6 Å². The number of carbonyl (C=O) groups is 4. The monoisotopic (exact) mass is 374 g/mol. The van der Waals surface area contributed by atoms with Gasteiger partial charge in [-0.05, 0) is 36.4 Å². The number of amides is 2. The van der Waals surface area contributed by atoms with Crippen LogP contribution < -0.4 is 10.6 Å². The molecule has 0 saturated heterocycles.